The molecule has 0 aliphatic carbocycles. The summed E-state index contributed by atoms with van der Waals surface area (Å²) in [6.45, 7) is 4.15. The highest BCUT2D eigenvalue weighted by Gasteiger charge is 2.12. The largest absolute Gasteiger partial charge is 0.389 e. The molecule has 0 unspecified atom stereocenters. The summed E-state index contributed by atoms with van der Waals surface area (Å²) >= 11 is 1.70. The molecule has 0 aliphatic heterocycles. The van der Waals surface area contributed by atoms with Crippen LogP contribution in [0.25, 0.3) is 0 Å². The van der Waals surface area contributed by atoms with Gasteiger partial charge in [-0.25, -0.2) is 0 Å². The van der Waals surface area contributed by atoms with Crippen LogP contribution < -0.4 is 5.32 Å². The summed E-state index contributed by atoms with van der Waals surface area (Å²) in [5.74, 6) is 0. The molecule has 14 heavy (non-hydrogen) atoms. The Morgan fingerprint density at radius 2 is 2.00 bits per heavy atom. The molecule has 78 valence electrons. The molecule has 0 aromatic heterocycles. The maximum atomic E-state index is 9.57. The van der Waals surface area contributed by atoms with Crippen LogP contribution in [-0.4, -0.2) is 23.5 Å². The van der Waals surface area contributed by atoms with Crippen LogP contribution in [-0.2, 0) is 0 Å². The number of aliphatic hydroxyl groups is 1. The van der Waals surface area contributed by atoms with Crippen LogP contribution in [0.1, 0.15) is 13.8 Å². The fourth-order valence-corrected chi connectivity index (χ4v) is 1.68. The molecule has 1 rings (SSSR count). The number of rotatable bonds is 4. The van der Waals surface area contributed by atoms with Crippen LogP contribution >= 0.6 is 11.8 Å². The number of hydrogen-bond donors (Lipinski definition) is 2. The molecule has 0 aliphatic rings. The van der Waals surface area contributed by atoms with Gasteiger partial charge >= 0.3 is 0 Å². The second kappa shape index (κ2) is 4.71. The minimum absolute atomic E-state index is 0.560. The fraction of sp³-hybridized carbons (Fsp3) is 0.455. The van der Waals surface area contributed by atoms with E-state index in [0.717, 1.165) is 5.69 Å². The lowest BCUT2D eigenvalue weighted by Gasteiger charge is -2.19. The van der Waals surface area contributed by atoms with Crippen molar-refractivity contribution in [3.63, 3.8) is 0 Å². The lowest BCUT2D eigenvalue weighted by Crippen LogP contribution is -2.29. The van der Waals surface area contributed by atoms with E-state index < -0.39 is 5.60 Å². The first-order valence-corrected chi connectivity index (χ1v) is 5.85. The van der Waals surface area contributed by atoms with E-state index in [1.54, 1.807) is 25.6 Å². The highest BCUT2D eigenvalue weighted by Crippen LogP contribution is 2.24. The Labute approximate surface area is 89.7 Å². The van der Waals surface area contributed by atoms with E-state index >= 15 is 0 Å². The Kier molecular flexibility index (Phi) is 3.84. The monoisotopic (exact) mass is 211 g/mol. The van der Waals surface area contributed by atoms with Gasteiger partial charge in [-0.3, -0.25) is 0 Å². The number of hydrogen-bond acceptors (Lipinski definition) is 3. The molecule has 0 amide bonds. The molecular formula is C11H17NOS. The van der Waals surface area contributed by atoms with E-state index in [9.17, 15) is 5.11 Å². The summed E-state index contributed by atoms with van der Waals surface area (Å²) < 4.78 is 0. The van der Waals surface area contributed by atoms with E-state index in [0.29, 0.717) is 6.54 Å². The van der Waals surface area contributed by atoms with Crippen molar-refractivity contribution in [2.24, 2.45) is 0 Å². The van der Waals surface area contributed by atoms with Gasteiger partial charge in [0.2, 0.25) is 0 Å². The first-order chi connectivity index (χ1) is 6.53. The summed E-state index contributed by atoms with van der Waals surface area (Å²) in [5.41, 5.74) is 0.410. The summed E-state index contributed by atoms with van der Waals surface area (Å²) in [6.07, 6.45) is 2.05. The van der Waals surface area contributed by atoms with Gasteiger partial charge < -0.3 is 10.4 Å². The van der Waals surface area contributed by atoms with Gasteiger partial charge in [-0.1, -0.05) is 12.1 Å². The Morgan fingerprint density at radius 1 is 1.36 bits per heavy atom. The van der Waals surface area contributed by atoms with E-state index in [1.807, 2.05) is 24.5 Å². The average molecular weight is 211 g/mol. The third-order valence-electron chi connectivity index (χ3n) is 1.82. The van der Waals surface area contributed by atoms with Crippen LogP contribution in [0.15, 0.2) is 29.2 Å². The van der Waals surface area contributed by atoms with Gasteiger partial charge in [0.05, 0.1) is 5.60 Å². The predicted octanol–water partition coefficient (Wildman–Crippen LogP) is 2.59. The number of para-hydroxylation sites is 1. The van der Waals surface area contributed by atoms with Gasteiger partial charge in [0.15, 0.2) is 0 Å². The molecule has 0 saturated carbocycles. The molecule has 0 heterocycles. The molecular weight excluding hydrogens is 194 g/mol. The van der Waals surface area contributed by atoms with Crippen LogP contribution in [0, 0.1) is 0 Å². The molecule has 1 aromatic carbocycles. The van der Waals surface area contributed by atoms with Gasteiger partial charge in [-0.05, 0) is 32.2 Å². The first kappa shape index (κ1) is 11.4. The van der Waals surface area contributed by atoms with Crippen LogP contribution in [0.3, 0.4) is 0 Å². The molecule has 3 heteroatoms. The summed E-state index contributed by atoms with van der Waals surface area (Å²) in [7, 11) is 0. The fourth-order valence-electron chi connectivity index (χ4n) is 1.10. The van der Waals surface area contributed by atoms with Gasteiger partial charge in [0, 0.05) is 17.1 Å². The number of benzene rings is 1. The topological polar surface area (TPSA) is 32.3 Å². The van der Waals surface area contributed by atoms with E-state index in [1.165, 1.54) is 4.90 Å². The summed E-state index contributed by atoms with van der Waals surface area (Å²) in [4.78, 5) is 1.21. The Bertz CT molecular complexity index is 294. The maximum Gasteiger partial charge on any atom is 0.0763 e. The van der Waals surface area contributed by atoms with Gasteiger partial charge in [0.25, 0.3) is 0 Å². The molecule has 2 N–H and O–H groups in total. The summed E-state index contributed by atoms with van der Waals surface area (Å²) in [6, 6.07) is 8.10. The molecule has 0 bridgehead atoms. The Hall–Kier alpha value is -0.670. The van der Waals surface area contributed by atoms with E-state index in [4.69, 9.17) is 0 Å². The molecule has 0 radical (unpaired) electrons. The molecule has 0 fully saturated rings. The minimum atomic E-state index is -0.675. The van der Waals surface area contributed by atoms with Crippen LogP contribution in [0.5, 0.6) is 0 Å². The minimum Gasteiger partial charge on any atom is -0.389 e. The zero-order valence-electron chi connectivity index (χ0n) is 8.87. The molecule has 0 spiro atoms. The quantitative estimate of drug-likeness (QED) is 0.751. The van der Waals surface area contributed by atoms with Gasteiger partial charge in [-0.2, -0.15) is 0 Å². The predicted molar refractivity (Wildman–Crippen MR) is 63.0 cm³/mol. The van der Waals surface area contributed by atoms with Crippen molar-refractivity contribution >= 4 is 17.4 Å². The van der Waals surface area contributed by atoms with Gasteiger partial charge in [-0.15, -0.1) is 11.8 Å². The molecule has 1 aromatic rings. The molecule has 2 nitrogen and oxygen atoms in total. The van der Waals surface area contributed by atoms with Crippen molar-refractivity contribution in [2.75, 3.05) is 18.1 Å². The number of thioether (sulfide) groups is 1. The Morgan fingerprint density at radius 3 is 2.57 bits per heavy atom. The normalized spacial score (nSPS) is 11.4. The van der Waals surface area contributed by atoms with E-state index in [2.05, 4.69) is 11.4 Å². The molecule has 0 atom stereocenters. The highest BCUT2D eigenvalue weighted by atomic mass is 32.2. The average Bonchev–Trinajstić information content (AvgIpc) is 2.14. The third-order valence-corrected chi connectivity index (χ3v) is 2.61. The zero-order chi connectivity index (χ0) is 10.6. The second-order valence-electron chi connectivity index (χ2n) is 3.87. The number of nitrogens with one attached hydrogen (secondary N) is 1. The van der Waals surface area contributed by atoms with Crippen molar-refractivity contribution in [1.82, 2.24) is 0 Å². The standard InChI is InChI=1S/C11H17NOS/c1-11(2,13)8-12-9-6-4-5-7-10(9)14-3/h4-7,12-13H,8H2,1-3H3. The third kappa shape index (κ3) is 3.60. The molecule has 0 saturated heterocycles. The highest BCUT2D eigenvalue weighted by molar-refractivity contribution is 7.98. The Balaban J connectivity index is 2.67. The second-order valence-corrected chi connectivity index (χ2v) is 4.71. The lowest BCUT2D eigenvalue weighted by molar-refractivity contribution is 0.0945. The smallest absolute Gasteiger partial charge is 0.0763 e. The van der Waals surface area contributed by atoms with Crippen molar-refractivity contribution in [2.45, 2.75) is 24.3 Å². The van der Waals surface area contributed by atoms with Crippen molar-refractivity contribution in [3.8, 4) is 0 Å². The van der Waals surface area contributed by atoms with Crippen molar-refractivity contribution in [1.29, 1.82) is 0 Å². The van der Waals surface area contributed by atoms with E-state index in [-0.39, 0.29) is 0 Å². The van der Waals surface area contributed by atoms with Crippen LogP contribution in [0.2, 0.25) is 0 Å². The SMILES string of the molecule is CSc1ccccc1NCC(C)(C)O. The zero-order valence-corrected chi connectivity index (χ0v) is 9.69. The lowest BCUT2D eigenvalue weighted by atomic mass is 10.1. The first-order valence-electron chi connectivity index (χ1n) is 4.62. The van der Waals surface area contributed by atoms with Crippen LogP contribution in [0.4, 0.5) is 5.69 Å². The van der Waals surface area contributed by atoms with Crippen molar-refractivity contribution < 1.29 is 5.11 Å². The van der Waals surface area contributed by atoms with Crippen molar-refractivity contribution in [3.05, 3.63) is 24.3 Å². The summed E-state index contributed by atoms with van der Waals surface area (Å²) in [5, 5.41) is 12.8. The number of anilines is 1. The maximum absolute atomic E-state index is 9.57. The van der Waals surface area contributed by atoms with Gasteiger partial charge in [0.1, 0.15) is 0 Å².